The molecule has 178 valence electrons. The Labute approximate surface area is 201 Å². The summed E-state index contributed by atoms with van der Waals surface area (Å²) in [5.74, 6) is 0.693. The Bertz CT molecular complexity index is 1300. The van der Waals surface area contributed by atoms with Gasteiger partial charge in [0, 0.05) is 37.4 Å². The molecule has 0 spiro atoms. The van der Waals surface area contributed by atoms with Gasteiger partial charge in [-0.15, -0.1) is 0 Å². The van der Waals surface area contributed by atoms with E-state index in [0.717, 1.165) is 17.0 Å². The van der Waals surface area contributed by atoms with Crippen LogP contribution < -0.4 is 14.4 Å². The fraction of sp³-hybridized carbons (Fsp3) is 0.269. The molecule has 0 saturated carbocycles. The third kappa shape index (κ3) is 5.02. The number of amides is 1. The van der Waals surface area contributed by atoms with Crippen LogP contribution in [0.3, 0.4) is 0 Å². The van der Waals surface area contributed by atoms with Crippen molar-refractivity contribution in [3.05, 3.63) is 83.4 Å². The number of para-hydroxylation sites is 2. The molecule has 34 heavy (non-hydrogen) atoms. The molecule has 1 N–H and O–H groups in total. The van der Waals surface area contributed by atoms with Crippen molar-refractivity contribution < 1.29 is 17.9 Å². The summed E-state index contributed by atoms with van der Waals surface area (Å²) >= 11 is 0. The number of carbonyl (C=O) groups excluding carboxylic acids is 1. The van der Waals surface area contributed by atoms with Gasteiger partial charge in [-0.05, 0) is 61.4 Å². The van der Waals surface area contributed by atoms with Gasteiger partial charge in [-0.2, -0.15) is 0 Å². The largest absolute Gasteiger partial charge is 0.495 e. The molecule has 0 unspecified atom stereocenters. The molecule has 0 aromatic heterocycles. The summed E-state index contributed by atoms with van der Waals surface area (Å²) in [7, 11) is -2.12. The predicted octanol–water partition coefficient (Wildman–Crippen LogP) is 4.08. The van der Waals surface area contributed by atoms with Crippen LogP contribution in [-0.4, -0.2) is 52.5 Å². The molecule has 1 aliphatic heterocycles. The second-order valence-corrected chi connectivity index (χ2v) is 10.1. The molecule has 1 aliphatic rings. The van der Waals surface area contributed by atoms with Gasteiger partial charge in [0.1, 0.15) is 5.75 Å². The van der Waals surface area contributed by atoms with E-state index in [4.69, 9.17) is 4.74 Å². The lowest BCUT2D eigenvalue weighted by Gasteiger charge is -2.36. The molecule has 0 atom stereocenters. The first-order valence-electron chi connectivity index (χ1n) is 11.2. The first kappa shape index (κ1) is 23.6. The Balaban J connectivity index is 1.46. The van der Waals surface area contributed by atoms with Gasteiger partial charge in [0.05, 0.1) is 17.7 Å². The number of benzene rings is 3. The Morgan fingerprint density at radius 3 is 2.38 bits per heavy atom. The lowest BCUT2D eigenvalue weighted by atomic mass is 10.1. The van der Waals surface area contributed by atoms with E-state index in [1.54, 1.807) is 55.3 Å². The highest BCUT2D eigenvalue weighted by atomic mass is 32.2. The molecule has 0 aliphatic carbocycles. The quantitative estimate of drug-likeness (QED) is 0.577. The van der Waals surface area contributed by atoms with Crippen LogP contribution in [0.2, 0.25) is 0 Å². The summed E-state index contributed by atoms with van der Waals surface area (Å²) in [5.41, 5.74) is 3.35. The number of anilines is 2. The Kier molecular flexibility index (Phi) is 6.79. The minimum atomic E-state index is -3.77. The zero-order chi connectivity index (χ0) is 24.3. The molecule has 1 saturated heterocycles. The Morgan fingerprint density at radius 2 is 1.65 bits per heavy atom. The number of nitrogens with one attached hydrogen (secondary N) is 1. The lowest BCUT2D eigenvalue weighted by Crippen LogP contribution is -2.48. The van der Waals surface area contributed by atoms with E-state index in [1.807, 2.05) is 37.3 Å². The number of piperazine rings is 1. The van der Waals surface area contributed by atoms with Crippen molar-refractivity contribution in [3.8, 4) is 5.75 Å². The zero-order valence-corrected chi connectivity index (χ0v) is 20.4. The summed E-state index contributed by atoms with van der Waals surface area (Å²) in [5, 5.41) is 0. The van der Waals surface area contributed by atoms with Gasteiger partial charge in [-0.3, -0.25) is 9.52 Å². The molecule has 4 rings (SSSR count). The maximum absolute atomic E-state index is 13.2. The van der Waals surface area contributed by atoms with Crippen LogP contribution in [-0.2, 0) is 10.0 Å². The molecule has 0 bridgehead atoms. The van der Waals surface area contributed by atoms with Crippen LogP contribution in [0.25, 0.3) is 0 Å². The van der Waals surface area contributed by atoms with Crippen molar-refractivity contribution in [1.82, 2.24) is 4.90 Å². The lowest BCUT2D eigenvalue weighted by molar-refractivity contribution is 0.0746. The summed E-state index contributed by atoms with van der Waals surface area (Å²) in [6.45, 7) is 6.12. The molecule has 8 heteroatoms. The van der Waals surface area contributed by atoms with E-state index in [1.165, 1.54) is 0 Å². The minimum Gasteiger partial charge on any atom is -0.495 e. The third-order valence-corrected chi connectivity index (χ3v) is 7.51. The highest BCUT2D eigenvalue weighted by molar-refractivity contribution is 7.92. The average molecular weight is 480 g/mol. The van der Waals surface area contributed by atoms with Crippen molar-refractivity contribution in [2.24, 2.45) is 0 Å². The average Bonchev–Trinajstić information content (AvgIpc) is 2.85. The predicted molar refractivity (Wildman–Crippen MR) is 134 cm³/mol. The molecule has 1 fully saturated rings. The Hall–Kier alpha value is -3.52. The van der Waals surface area contributed by atoms with E-state index in [2.05, 4.69) is 9.62 Å². The molecule has 1 amide bonds. The van der Waals surface area contributed by atoms with Crippen LogP contribution in [0.1, 0.15) is 21.5 Å². The SMILES string of the molecule is COc1ccccc1N1CCN(C(=O)c2cccc(NS(=O)(=O)c3cc(C)ccc3C)c2)CC1. The van der Waals surface area contributed by atoms with Gasteiger partial charge < -0.3 is 14.5 Å². The van der Waals surface area contributed by atoms with Crippen LogP contribution in [0, 0.1) is 13.8 Å². The van der Waals surface area contributed by atoms with E-state index in [0.29, 0.717) is 43.0 Å². The highest BCUT2D eigenvalue weighted by Gasteiger charge is 2.24. The Morgan fingerprint density at radius 1 is 0.912 bits per heavy atom. The third-order valence-electron chi connectivity index (χ3n) is 5.99. The van der Waals surface area contributed by atoms with E-state index >= 15 is 0 Å². The topological polar surface area (TPSA) is 79.0 Å². The molecule has 3 aromatic carbocycles. The maximum Gasteiger partial charge on any atom is 0.262 e. The van der Waals surface area contributed by atoms with E-state index < -0.39 is 10.0 Å². The van der Waals surface area contributed by atoms with Gasteiger partial charge in [0.25, 0.3) is 15.9 Å². The number of hydrogen-bond acceptors (Lipinski definition) is 5. The van der Waals surface area contributed by atoms with E-state index in [9.17, 15) is 13.2 Å². The number of methoxy groups -OCH3 is 1. The number of aryl methyl sites for hydroxylation is 2. The maximum atomic E-state index is 13.2. The van der Waals surface area contributed by atoms with Crippen molar-refractivity contribution in [2.75, 3.05) is 42.9 Å². The first-order chi connectivity index (χ1) is 16.3. The summed E-state index contributed by atoms with van der Waals surface area (Å²) in [6, 6.07) is 19.8. The monoisotopic (exact) mass is 479 g/mol. The van der Waals surface area contributed by atoms with Crippen molar-refractivity contribution in [1.29, 1.82) is 0 Å². The van der Waals surface area contributed by atoms with Crippen LogP contribution in [0.5, 0.6) is 5.75 Å². The number of ether oxygens (including phenoxy) is 1. The molecule has 0 radical (unpaired) electrons. The molecule has 3 aromatic rings. The smallest absolute Gasteiger partial charge is 0.262 e. The fourth-order valence-electron chi connectivity index (χ4n) is 4.15. The summed E-state index contributed by atoms with van der Waals surface area (Å²) in [6.07, 6.45) is 0. The molecular formula is C26H29N3O4S. The second kappa shape index (κ2) is 9.77. The molecular weight excluding hydrogens is 450 g/mol. The number of hydrogen-bond donors (Lipinski definition) is 1. The van der Waals surface area contributed by atoms with Crippen LogP contribution >= 0.6 is 0 Å². The molecule has 1 heterocycles. The van der Waals surface area contributed by atoms with Gasteiger partial charge in [0.2, 0.25) is 0 Å². The number of sulfonamides is 1. The van der Waals surface area contributed by atoms with Crippen LogP contribution in [0.4, 0.5) is 11.4 Å². The standard InChI is InChI=1S/C26H29N3O4S/c1-19-11-12-20(2)25(17-19)34(31,32)27-22-8-6-7-21(18-22)26(30)29-15-13-28(14-16-29)23-9-4-5-10-24(23)33-3/h4-12,17-18,27H,13-16H2,1-3H3. The van der Waals surface area contributed by atoms with Crippen molar-refractivity contribution >= 4 is 27.3 Å². The van der Waals surface area contributed by atoms with Crippen LogP contribution in [0.15, 0.2) is 71.6 Å². The highest BCUT2D eigenvalue weighted by Crippen LogP contribution is 2.29. The number of rotatable bonds is 6. The van der Waals surface area contributed by atoms with Gasteiger partial charge in [0.15, 0.2) is 0 Å². The normalized spacial score (nSPS) is 14.1. The first-order valence-corrected chi connectivity index (χ1v) is 12.6. The zero-order valence-electron chi connectivity index (χ0n) is 19.6. The summed E-state index contributed by atoms with van der Waals surface area (Å²) < 4.78 is 34.0. The van der Waals surface area contributed by atoms with Crippen molar-refractivity contribution in [2.45, 2.75) is 18.7 Å². The fourth-order valence-corrected chi connectivity index (χ4v) is 5.53. The van der Waals surface area contributed by atoms with E-state index in [-0.39, 0.29) is 10.8 Å². The second-order valence-electron chi connectivity index (χ2n) is 8.41. The van der Waals surface area contributed by atoms with Gasteiger partial charge in [-0.1, -0.05) is 30.3 Å². The van der Waals surface area contributed by atoms with Gasteiger partial charge in [-0.25, -0.2) is 8.42 Å². The van der Waals surface area contributed by atoms with Gasteiger partial charge >= 0.3 is 0 Å². The molecule has 7 nitrogen and oxygen atoms in total. The number of carbonyl (C=O) groups is 1. The summed E-state index contributed by atoms with van der Waals surface area (Å²) in [4.78, 5) is 17.4. The minimum absolute atomic E-state index is 0.118. The van der Waals surface area contributed by atoms with Crippen molar-refractivity contribution in [3.63, 3.8) is 0 Å². The number of nitrogens with zero attached hydrogens (tertiary/aromatic N) is 2.